The highest BCUT2D eigenvalue weighted by molar-refractivity contribution is 6.36. The fourth-order valence-electron chi connectivity index (χ4n) is 2.81. The van der Waals surface area contributed by atoms with Crippen LogP contribution in [0.3, 0.4) is 0 Å². The predicted octanol–water partition coefficient (Wildman–Crippen LogP) is 5.28. The summed E-state index contributed by atoms with van der Waals surface area (Å²) >= 11 is 12.0. The molecule has 0 aliphatic heterocycles. The van der Waals surface area contributed by atoms with Gasteiger partial charge < -0.3 is 19.7 Å². The minimum Gasteiger partial charge on any atom is -0.493 e. The fourth-order valence-corrected chi connectivity index (χ4v) is 3.27. The molecule has 0 atom stereocenters. The van der Waals surface area contributed by atoms with Crippen LogP contribution in [0.2, 0.25) is 10.0 Å². The summed E-state index contributed by atoms with van der Waals surface area (Å²) < 4.78 is 11.1. The van der Waals surface area contributed by atoms with Gasteiger partial charge in [0.2, 0.25) is 5.91 Å². The first-order chi connectivity index (χ1) is 14.2. The van der Waals surface area contributed by atoms with E-state index < -0.39 is 0 Å². The highest BCUT2D eigenvalue weighted by Gasteiger charge is 2.20. The zero-order chi connectivity index (χ0) is 22.3. The van der Waals surface area contributed by atoms with Gasteiger partial charge in [0.25, 0.3) is 5.91 Å². The lowest BCUT2D eigenvalue weighted by atomic mass is 10.1. The summed E-state index contributed by atoms with van der Waals surface area (Å²) in [6.45, 7) is 6.07. The third-order valence-electron chi connectivity index (χ3n) is 4.09. The Bertz CT molecular complexity index is 903. The average Bonchev–Trinajstić information content (AvgIpc) is 2.69. The third-order valence-corrected chi connectivity index (χ3v) is 4.64. The van der Waals surface area contributed by atoms with Crippen molar-refractivity contribution in [3.8, 4) is 11.5 Å². The molecule has 2 aromatic rings. The number of nitrogens with zero attached hydrogens (tertiary/aromatic N) is 1. The summed E-state index contributed by atoms with van der Waals surface area (Å²) in [5.74, 6) is 0.390. The van der Waals surface area contributed by atoms with Gasteiger partial charge in [-0.2, -0.15) is 0 Å². The maximum Gasteiger partial charge on any atom is 0.254 e. The molecular formula is C22H26Cl2N2O4. The molecule has 30 heavy (non-hydrogen) atoms. The van der Waals surface area contributed by atoms with Crippen LogP contribution in [0.15, 0.2) is 36.4 Å². The molecule has 6 nitrogen and oxygen atoms in total. The molecule has 0 fully saturated rings. The molecule has 0 aliphatic carbocycles. The highest BCUT2D eigenvalue weighted by Crippen LogP contribution is 2.29. The van der Waals surface area contributed by atoms with Crippen LogP contribution in [0.25, 0.3) is 0 Å². The number of methoxy groups -OCH3 is 1. The number of halogens is 2. The van der Waals surface area contributed by atoms with Crippen LogP contribution >= 0.6 is 23.2 Å². The number of nitrogens with one attached hydrogen (secondary N) is 1. The first kappa shape index (κ1) is 23.8. The Balaban J connectivity index is 2.16. The molecule has 0 spiro atoms. The van der Waals surface area contributed by atoms with Crippen molar-refractivity contribution in [3.63, 3.8) is 0 Å². The largest absolute Gasteiger partial charge is 0.493 e. The summed E-state index contributed by atoms with van der Waals surface area (Å²) in [4.78, 5) is 27.1. The Morgan fingerprint density at radius 3 is 2.43 bits per heavy atom. The van der Waals surface area contributed by atoms with E-state index in [0.29, 0.717) is 45.8 Å². The van der Waals surface area contributed by atoms with Crippen molar-refractivity contribution < 1.29 is 19.1 Å². The first-order valence-electron chi connectivity index (χ1n) is 9.64. The van der Waals surface area contributed by atoms with Crippen LogP contribution < -0.4 is 14.8 Å². The van der Waals surface area contributed by atoms with Crippen molar-refractivity contribution in [1.82, 2.24) is 4.90 Å². The number of benzene rings is 2. The molecule has 0 radical (unpaired) electrons. The number of carbonyl (C=O) groups is 2. The molecule has 8 heteroatoms. The maximum absolute atomic E-state index is 13.0. The van der Waals surface area contributed by atoms with E-state index in [9.17, 15) is 9.59 Å². The lowest BCUT2D eigenvalue weighted by Gasteiger charge is -2.22. The number of ether oxygens (including phenoxy) is 2. The van der Waals surface area contributed by atoms with Crippen LogP contribution in [-0.4, -0.2) is 43.0 Å². The van der Waals surface area contributed by atoms with Gasteiger partial charge in [-0.1, -0.05) is 30.1 Å². The summed E-state index contributed by atoms with van der Waals surface area (Å²) in [5.41, 5.74) is 0.848. The van der Waals surface area contributed by atoms with Crippen molar-refractivity contribution in [2.24, 2.45) is 0 Å². The second-order valence-electron chi connectivity index (χ2n) is 6.93. The zero-order valence-corrected chi connectivity index (χ0v) is 19.0. The molecule has 0 aliphatic rings. The Morgan fingerprint density at radius 1 is 1.10 bits per heavy atom. The Kier molecular flexibility index (Phi) is 8.81. The van der Waals surface area contributed by atoms with E-state index in [2.05, 4.69) is 5.32 Å². The molecule has 2 rings (SSSR count). The molecule has 2 aromatic carbocycles. The Labute approximate surface area is 187 Å². The molecule has 1 N–H and O–H groups in total. The van der Waals surface area contributed by atoms with Crippen LogP contribution in [0.1, 0.15) is 37.6 Å². The van der Waals surface area contributed by atoms with E-state index in [-0.39, 0.29) is 24.5 Å². The van der Waals surface area contributed by atoms with Gasteiger partial charge in [0.15, 0.2) is 11.5 Å². The quantitative estimate of drug-likeness (QED) is 0.561. The minimum absolute atomic E-state index is 0.0274. The SMILES string of the molecule is CCCN(CC(=O)Nc1ccc(Cl)cc1Cl)C(=O)c1ccc(OC(C)C)c(OC)c1. The molecule has 162 valence electrons. The molecule has 2 amide bonds. The molecular weight excluding hydrogens is 427 g/mol. The van der Waals surface area contributed by atoms with Gasteiger partial charge >= 0.3 is 0 Å². The molecule has 0 bridgehead atoms. The van der Waals surface area contributed by atoms with Crippen molar-refractivity contribution in [2.45, 2.75) is 33.3 Å². The second kappa shape index (κ2) is 11.1. The third kappa shape index (κ3) is 6.54. The van der Waals surface area contributed by atoms with Crippen molar-refractivity contribution in [1.29, 1.82) is 0 Å². The van der Waals surface area contributed by atoms with Gasteiger partial charge in [-0.25, -0.2) is 0 Å². The van der Waals surface area contributed by atoms with E-state index >= 15 is 0 Å². The summed E-state index contributed by atoms with van der Waals surface area (Å²) in [6, 6.07) is 9.78. The highest BCUT2D eigenvalue weighted by atomic mass is 35.5. The summed E-state index contributed by atoms with van der Waals surface area (Å²) in [5, 5.41) is 3.52. The van der Waals surface area contributed by atoms with Gasteiger partial charge in [0.05, 0.1) is 23.9 Å². The summed E-state index contributed by atoms with van der Waals surface area (Å²) in [6.07, 6.45) is 0.673. The van der Waals surface area contributed by atoms with E-state index in [1.165, 1.54) is 12.0 Å². The van der Waals surface area contributed by atoms with Crippen molar-refractivity contribution in [2.75, 3.05) is 25.5 Å². The van der Waals surface area contributed by atoms with E-state index in [1.54, 1.807) is 36.4 Å². The fraction of sp³-hybridized carbons (Fsp3) is 0.364. The molecule has 0 saturated heterocycles. The molecule has 0 saturated carbocycles. The smallest absolute Gasteiger partial charge is 0.254 e. The number of hydrogen-bond acceptors (Lipinski definition) is 4. The standard InChI is InChI=1S/C22H26Cl2N2O4/c1-5-10-26(13-21(27)25-18-8-7-16(23)12-17(18)24)22(28)15-6-9-19(30-14(2)3)20(11-15)29-4/h6-9,11-12,14H,5,10,13H2,1-4H3,(H,25,27). The predicted molar refractivity (Wildman–Crippen MR) is 120 cm³/mol. The monoisotopic (exact) mass is 452 g/mol. The van der Waals surface area contributed by atoms with Gasteiger partial charge in [0.1, 0.15) is 6.54 Å². The van der Waals surface area contributed by atoms with Gasteiger partial charge in [0, 0.05) is 17.1 Å². The van der Waals surface area contributed by atoms with Gasteiger partial charge in [-0.05, 0) is 56.7 Å². The van der Waals surface area contributed by atoms with Crippen molar-refractivity contribution >= 4 is 40.7 Å². The van der Waals surface area contributed by atoms with Crippen LogP contribution in [-0.2, 0) is 4.79 Å². The second-order valence-corrected chi connectivity index (χ2v) is 7.77. The van der Waals surface area contributed by atoms with E-state index in [1.807, 2.05) is 20.8 Å². The van der Waals surface area contributed by atoms with Crippen molar-refractivity contribution in [3.05, 3.63) is 52.0 Å². The zero-order valence-electron chi connectivity index (χ0n) is 17.5. The van der Waals surface area contributed by atoms with Crippen LogP contribution in [0.4, 0.5) is 5.69 Å². The maximum atomic E-state index is 13.0. The van der Waals surface area contributed by atoms with Crippen LogP contribution in [0.5, 0.6) is 11.5 Å². The van der Waals surface area contributed by atoms with E-state index in [4.69, 9.17) is 32.7 Å². The van der Waals surface area contributed by atoms with Gasteiger partial charge in [-0.15, -0.1) is 0 Å². The number of carbonyl (C=O) groups excluding carboxylic acids is 2. The lowest BCUT2D eigenvalue weighted by molar-refractivity contribution is -0.116. The normalized spacial score (nSPS) is 10.6. The number of rotatable bonds is 9. The Hall–Kier alpha value is -2.44. The number of amides is 2. The minimum atomic E-state index is -0.354. The Morgan fingerprint density at radius 2 is 1.83 bits per heavy atom. The number of hydrogen-bond donors (Lipinski definition) is 1. The topological polar surface area (TPSA) is 67.9 Å². The van der Waals surface area contributed by atoms with E-state index in [0.717, 1.165) is 0 Å². The van der Waals surface area contributed by atoms with Gasteiger partial charge in [-0.3, -0.25) is 9.59 Å². The molecule has 0 aromatic heterocycles. The molecule has 0 heterocycles. The first-order valence-corrected chi connectivity index (χ1v) is 10.4. The summed E-state index contributed by atoms with van der Waals surface area (Å²) in [7, 11) is 1.52. The van der Waals surface area contributed by atoms with Crippen LogP contribution in [0, 0.1) is 0 Å². The average molecular weight is 453 g/mol. The molecule has 0 unspecified atom stereocenters. The lowest BCUT2D eigenvalue weighted by Crippen LogP contribution is -2.38. The number of anilines is 1.